The summed E-state index contributed by atoms with van der Waals surface area (Å²) >= 11 is 0. The van der Waals surface area contributed by atoms with Crippen molar-refractivity contribution < 1.29 is 0 Å². The first-order valence-electron chi connectivity index (χ1n) is 7.35. The summed E-state index contributed by atoms with van der Waals surface area (Å²) in [5, 5.41) is 3.49. The van der Waals surface area contributed by atoms with Crippen LogP contribution in [0.5, 0.6) is 0 Å². The largest absolute Gasteiger partial charge is 0.316 e. The molecule has 0 amide bonds. The number of piperidine rings is 1. The molecule has 3 fully saturated rings. The number of likely N-dealkylation sites (tertiary alicyclic amines) is 1. The van der Waals surface area contributed by atoms with E-state index in [0.717, 1.165) is 17.8 Å². The molecule has 3 atom stereocenters. The zero-order chi connectivity index (χ0) is 10.8. The molecule has 0 spiro atoms. The second-order valence-corrected chi connectivity index (χ2v) is 6.21. The molecule has 0 radical (unpaired) electrons. The van der Waals surface area contributed by atoms with Crippen LogP contribution in [0.15, 0.2) is 0 Å². The van der Waals surface area contributed by atoms with Crippen LogP contribution in [0.3, 0.4) is 0 Å². The summed E-state index contributed by atoms with van der Waals surface area (Å²) in [6.07, 6.45) is 8.96. The summed E-state index contributed by atoms with van der Waals surface area (Å²) in [7, 11) is 0. The minimum absolute atomic E-state index is 0.945. The molecule has 1 aliphatic carbocycles. The number of nitrogens with one attached hydrogen (secondary N) is 1. The van der Waals surface area contributed by atoms with Crippen LogP contribution in [0.2, 0.25) is 0 Å². The van der Waals surface area contributed by atoms with E-state index in [9.17, 15) is 0 Å². The van der Waals surface area contributed by atoms with E-state index in [2.05, 4.69) is 10.2 Å². The van der Waals surface area contributed by atoms with Crippen molar-refractivity contribution in [3.8, 4) is 0 Å². The monoisotopic (exact) mass is 222 g/mol. The van der Waals surface area contributed by atoms with E-state index < -0.39 is 0 Å². The molecular formula is C14H26N2. The molecule has 2 saturated heterocycles. The van der Waals surface area contributed by atoms with Gasteiger partial charge in [0.25, 0.3) is 0 Å². The van der Waals surface area contributed by atoms with Gasteiger partial charge < -0.3 is 10.2 Å². The van der Waals surface area contributed by atoms with Gasteiger partial charge in [-0.15, -0.1) is 0 Å². The molecule has 0 aromatic carbocycles. The molecule has 2 aliphatic heterocycles. The van der Waals surface area contributed by atoms with Gasteiger partial charge in [0.2, 0.25) is 0 Å². The molecule has 0 bridgehead atoms. The first-order valence-corrected chi connectivity index (χ1v) is 7.35. The Hall–Kier alpha value is -0.0800. The molecule has 2 nitrogen and oxygen atoms in total. The SMILES string of the molecule is C1CCC2CN(CC3CCNC3)CCC2C1. The van der Waals surface area contributed by atoms with E-state index in [-0.39, 0.29) is 0 Å². The fourth-order valence-electron chi connectivity index (χ4n) is 4.08. The van der Waals surface area contributed by atoms with E-state index in [4.69, 9.17) is 0 Å². The van der Waals surface area contributed by atoms with Crippen molar-refractivity contribution in [1.29, 1.82) is 0 Å². The minimum atomic E-state index is 0.945. The Bertz CT molecular complexity index is 223. The highest BCUT2D eigenvalue weighted by Crippen LogP contribution is 2.36. The van der Waals surface area contributed by atoms with Crippen molar-refractivity contribution in [2.45, 2.75) is 38.5 Å². The van der Waals surface area contributed by atoms with Gasteiger partial charge in [0.1, 0.15) is 0 Å². The van der Waals surface area contributed by atoms with Crippen LogP contribution in [-0.4, -0.2) is 37.6 Å². The van der Waals surface area contributed by atoms with Gasteiger partial charge in [-0.25, -0.2) is 0 Å². The Kier molecular flexibility index (Phi) is 3.49. The van der Waals surface area contributed by atoms with Crippen LogP contribution in [0, 0.1) is 17.8 Å². The van der Waals surface area contributed by atoms with Crippen LogP contribution < -0.4 is 5.32 Å². The second-order valence-electron chi connectivity index (χ2n) is 6.21. The van der Waals surface area contributed by atoms with Crippen molar-refractivity contribution >= 4 is 0 Å². The summed E-state index contributed by atoms with van der Waals surface area (Å²) in [5.41, 5.74) is 0. The van der Waals surface area contributed by atoms with Crippen molar-refractivity contribution in [2.75, 3.05) is 32.7 Å². The number of hydrogen-bond donors (Lipinski definition) is 1. The van der Waals surface area contributed by atoms with Crippen molar-refractivity contribution in [3.63, 3.8) is 0 Å². The highest BCUT2D eigenvalue weighted by molar-refractivity contribution is 4.85. The Morgan fingerprint density at radius 2 is 1.88 bits per heavy atom. The maximum atomic E-state index is 3.49. The molecule has 2 heterocycles. The van der Waals surface area contributed by atoms with Gasteiger partial charge in [-0.05, 0) is 56.7 Å². The molecule has 3 unspecified atom stereocenters. The van der Waals surface area contributed by atoms with Crippen LogP contribution in [0.1, 0.15) is 38.5 Å². The quantitative estimate of drug-likeness (QED) is 0.770. The van der Waals surface area contributed by atoms with Gasteiger partial charge in [0.05, 0.1) is 0 Å². The minimum Gasteiger partial charge on any atom is -0.316 e. The van der Waals surface area contributed by atoms with Gasteiger partial charge in [-0.2, -0.15) is 0 Å². The summed E-state index contributed by atoms with van der Waals surface area (Å²) in [5.74, 6) is 3.09. The first kappa shape index (κ1) is 11.0. The fraction of sp³-hybridized carbons (Fsp3) is 1.00. The van der Waals surface area contributed by atoms with Gasteiger partial charge in [0.15, 0.2) is 0 Å². The summed E-state index contributed by atoms with van der Waals surface area (Å²) in [4.78, 5) is 2.77. The summed E-state index contributed by atoms with van der Waals surface area (Å²) < 4.78 is 0. The zero-order valence-electron chi connectivity index (χ0n) is 10.5. The third-order valence-corrected chi connectivity index (χ3v) is 5.05. The summed E-state index contributed by atoms with van der Waals surface area (Å²) in [6, 6.07) is 0. The van der Waals surface area contributed by atoms with Gasteiger partial charge >= 0.3 is 0 Å². The number of rotatable bonds is 2. The second kappa shape index (κ2) is 5.05. The third kappa shape index (κ3) is 2.43. The lowest BCUT2D eigenvalue weighted by Crippen LogP contribution is -2.43. The smallest absolute Gasteiger partial charge is 0.00224 e. The van der Waals surface area contributed by atoms with Gasteiger partial charge in [-0.1, -0.05) is 19.3 Å². The zero-order valence-corrected chi connectivity index (χ0v) is 10.5. The predicted molar refractivity (Wildman–Crippen MR) is 67.5 cm³/mol. The lowest BCUT2D eigenvalue weighted by Gasteiger charge is -2.42. The maximum absolute atomic E-state index is 3.49. The highest BCUT2D eigenvalue weighted by atomic mass is 15.1. The standard InChI is InChI=1S/C14H26N2/c1-2-4-14-11-16(8-6-13(14)3-1)10-12-5-7-15-9-12/h12-15H,1-11H2. The Morgan fingerprint density at radius 1 is 1.00 bits per heavy atom. The average Bonchev–Trinajstić information content (AvgIpc) is 2.82. The predicted octanol–water partition coefficient (Wildman–Crippen LogP) is 2.11. The lowest BCUT2D eigenvalue weighted by atomic mass is 9.75. The summed E-state index contributed by atoms with van der Waals surface area (Å²) in [6.45, 7) is 6.70. The highest BCUT2D eigenvalue weighted by Gasteiger charge is 2.31. The van der Waals surface area contributed by atoms with E-state index in [1.54, 1.807) is 0 Å². The Balaban J connectivity index is 1.50. The number of nitrogens with zero attached hydrogens (tertiary/aromatic N) is 1. The van der Waals surface area contributed by atoms with Crippen molar-refractivity contribution in [3.05, 3.63) is 0 Å². The maximum Gasteiger partial charge on any atom is 0.00224 e. The van der Waals surface area contributed by atoms with E-state index in [1.165, 1.54) is 71.2 Å². The van der Waals surface area contributed by atoms with Crippen molar-refractivity contribution in [2.24, 2.45) is 17.8 Å². The van der Waals surface area contributed by atoms with Crippen LogP contribution >= 0.6 is 0 Å². The van der Waals surface area contributed by atoms with Crippen LogP contribution in [0.4, 0.5) is 0 Å². The molecule has 0 aromatic heterocycles. The topological polar surface area (TPSA) is 15.3 Å². The Morgan fingerprint density at radius 3 is 2.69 bits per heavy atom. The van der Waals surface area contributed by atoms with Gasteiger partial charge in [0, 0.05) is 13.1 Å². The molecule has 1 N–H and O–H groups in total. The number of fused-ring (bicyclic) bond motifs is 1. The third-order valence-electron chi connectivity index (χ3n) is 5.05. The van der Waals surface area contributed by atoms with E-state index in [1.807, 2.05) is 0 Å². The van der Waals surface area contributed by atoms with Crippen molar-refractivity contribution in [1.82, 2.24) is 10.2 Å². The molecule has 16 heavy (non-hydrogen) atoms. The fourth-order valence-corrected chi connectivity index (χ4v) is 4.08. The normalized spacial score (nSPS) is 40.9. The molecule has 3 rings (SSSR count). The molecule has 2 heteroatoms. The first-order chi connectivity index (χ1) is 7.92. The van der Waals surface area contributed by atoms with Gasteiger partial charge in [-0.3, -0.25) is 0 Å². The van der Waals surface area contributed by atoms with E-state index >= 15 is 0 Å². The van der Waals surface area contributed by atoms with Crippen LogP contribution in [-0.2, 0) is 0 Å². The average molecular weight is 222 g/mol. The molecular weight excluding hydrogens is 196 g/mol. The number of hydrogen-bond acceptors (Lipinski definition) is 2. The molecule has 0 aromatic rings. The Labute approximate surface area is 99.8 Å². The van der Waals surface area contributed by atoms with E-state index in [0.29, 0.717) is 0 Å². The molecule has 3 aliphatic rings. The van der Waals surface area contributed by atoms with Crippen LogP contribution in [0.25, 0.3) is 0 Å². The molecule has 92 valence electrons. The molecule has 1 saturated carbocycles. The lowest BCUT2D eigenvalue weighted by molar-refractivity contribution is 0.0775.